The Hall–Kier alpha value is -3.73. The SMILES string of the molecule is Cc1cc(Nc2cc(N3CCN(C)CC3)nc(Oc3cc(F)c4c(cc(C)n4C)c3F)n2)n[nH]1. The lowest BCUT2D eigenvalue weighted by Gasteiger charge is -2.33. The summed E-state index contributed by atoms with van der Waals surface area (Å²) in [5.74, 6) is 0.125. The number of ether oxygens (including phenoxy) is 1. The Labute approximate surface area is 195 Å². The molecule has 1 aliphatic heterocycles. The molecule has 1 aliphatic rings. The highest BCUT2D eigenvalue weighted by Gasteiger charge is 2.21. The number of aryl methyl sites for hydroxylation is 3. The molecule has 1 fully saturated rings. The lowest BCUT2D eigenvalue weighted by molar-refractivity contribution is 0.311. The van der Waals surface area contributed by atoms with Crippen molar-refractivity contribution in [2.24, 2.45) is 7.05 Å². The molecule has 0 radical (unpaired) electrons. The molecule has 5 rings (SSSR count). The molecule has 0 spiro atoms. The van der Waals surface area contributed by atoms with E-state index in [1.165, 1.54) is 0 Å². The number of rotatable bonds is 5. The zero-order valence-electron chi connectivity index (χ0n) is 19.5. The van der Waals surface area contributed by atoms with Gasteiger partial charge >= 0.3 is 6.01 Å². The van der Waals surface area contributed by atoms with E-state index in [-0.39, 0.29) is 22.7 Å². The molecule has 11 heteroatoms. The first-order valence-corrected chi connectivity index (χ1v) is 11.0. The van der Waals surface area contributed by atoms with Crippen LogP contribution in [0.4, 0.5) is 26.2 Å². The van der Waals surface area contributed by atoms with Crippen LogP contribution in [0.5, 0.6) is 11.8 Å². The van der Waals surface area contributed by atoms with Gasteiger partial charge in [-0.15, -0.1) is 0 Å². The Bertz CT molecular complexity index is 1360. The normalized spacial score (nSPS) is 14.7. The number of piperazine rings is 1. The number of aromatic amines is 1. The first kappa shape index (κ1) is 22.1. The standard InChI is InChI=1S/C23H26F2N8O/c1-13-9-19(30-29-13)26-18-12-20(33-7-5-31(3)6-8-33)28-23(27-18)34-17-11-16(24)22-15(21(17)25)10-14(2)32(22)4/h9-12H,5-8H2,1-4H3,(H2,26,27,28,29,30). The molecule has 0 amide bonds. The van der Waals surface area contributed by atoms with Gasteiger partial charge < -0.3 is 24.4 Å². The molecular weight excluding hydrogens is 442 g/mol. The maximum Gasteiger partial charge on any atom is 0.326 e. The number of nitrogens with one attached hydrogen (secondary N) is 2. The lowest BCUT2D eigenvalue weighted by atomic mass is 10.2. The Kier molecular flexibility index (Phi) is 5.56. The highest BCUT2D eigenvalue weighted by atomic mass is 19.1. The number of aromatic nitrogens is 5. The largest absolute Gasteiger partial charge is 0.421 e. The van der Waals surface area contributed by atoms with E-state index < -0.39 is 11.6 Å². The summed E-state index contributed by atoms with van der Waals surface area (Å²) in [4.78, 5) is 13.2. The summed E-state index contributed by atoms with van der Waals surface area (Å²) in [6.07, 6.45) is 0. The predicted molar refractivity (Wildman–Crippen MR) is 126 cm³/mol. The fourth-order valence-electron chi connectivity index (χ4n) is 4.07. The minimum atomic E-state index is -0.661. The second-order valence-electron chi connectivity index (χ2n) is 8.63. The Balaban J connectivity index is 1.53. The summed E-state index contributed by atoms with van der Waals surface area (Å²) < 4.78 is 37.4. The van der Waals surface area contributed by atoms with Crippen LogP contribution in [0.1, 0.15) is 11.4 Å². The Morgan fingerprint density at radius 2 is 1.74 bits per heavy atom. The molecule has 0 aliphatic carbocycles. The number of fused-ring (bicyclic) bond motifs is 1. The number of halogens is 2. The average molecular weight is 469 g/mol. The van der Waals surface area contributed by atoms with E-state index in [4.69, 9.17) is 4.74 Å². The van der Waals surface area contributed by atoms with Gasteiger partial charge in [0.15, 0.2) is 23.2 Å². The molecule has 2 N–H and O–H groups in total. The number of anilines is 3. The molecule has 1 aromatic carbocycles. The van der Waals surface area contributed by atoms with E-state index in [9.17, 15) is 4.39 Å². The van der Waals surface area contributed by atoms with Crippen molar-refractivity contribution in [3.05, 3.63) is 47.3 Å². The maximum atomic E-state index is 15.3. The smallest absolute Gasteiger partial charge is 0.326 e. The van der Waals surface area contributed by atoms with Gasteiger partial charge in [-0.1, -0.05) is 0 Å². The topological polar surface area (TPSA) is 87.1 Å². The molecule has 0 unspecified atom stereocenters. The highest BCUT2D eigenvalue weighted by molar-refractivity contribution is 5.84. The number of H-pyrrole nitrogens is 1. The lowest BCUT2D eigenvalue weighted by Crippen LogP contribution is -2.44. The summed E-state index contributed by atoms with van der Waals surface area (Å²) >= 11 is 0. The Morgan fingerprint density at radius 1 is 0.971 bits per heavy atom. The number of hydrogen-bond donors (Lipinski definition) is 2. The van der Waals surface area contributed by atoms with Crippen LogP contribution in [-0.4, -0.2) is 62.9 Å². The Morgan fingerprint density at radius 3 is 2.44 bits per heavy atom. The van der Waals surface area contributed by atoms with Crippen LogP contribution in [0.2, 0.25) is 0 Å². The van der Waals surface area contributed by atoms with Crippen molar-refractivity contribution in [1.82, 2.24) is 29.6 Å². The molecule has 178 valence electrons. The van der Waals surface area contributed by atoms with E-state index in [1.807, 2.05) is 13.0 Å². The van der Waals surface area contributed by atoms with Gasteiger partial charge in [-0.05, 0) is 27.0 Å². The van der Waals surface area contributed by atoms with Gasteiger partial charge in [-0.2, -0.15) is 15.1 Å². The van der Waals surface area contributed by atoms with Crippen LogP contribution >= 0.6 is 0 Å². The summed E-state index contributed by atoms with van der Waals surface area (Å²) in [6, 6.07) is 6.17. The van der Waals surface area contributed by atoms with Crippen LogP contribution in [0.15, 0.2) is 24.3 Å². The average Bonchev–Trinajstić information content (AvgIpc) is 3.34. The molecule has 4 aromatic rings. The molecular formula is C23H26F2N8O. The fraction of sp³-hybridized carbons (Fsp3) is 0.348. The summed E-state index contributed by atoms with van der Waals surface area (Å²) in [5.41, 5.74) is 1.81. The first-order valence-electron chi connectivity index (χ1n) is 11.0. The first-order chi connectivity index (χ1) is 16.3. The van der Waals surface area contributed by atoms with Crippen molar-refractivity contribution < 1.29 is 13.5 Å². The zero-order chi connectivity index (χ0) is 24.0. The van der Waals surface area contributed by atoms with Crippen molar-refractivity contribution in [2.75, 3.05) is 43.4 Å². The van der Waals surface area contributed by atoms with Crippen LogP contribution in [0.3, 0.4) is 0 Å². The molecule has 34 heavy (non-hydrogen) atoms. The van der Waals surface area contributed by atoms with Gasteiger partial charge in [-0.3, -0.25) is 5.10 Å². The van der Waals surface area contributed by atoms with Crippen molar-refractivity contribution in [1.29, 1.82) is 0 Å². The summed E-state index contributed by atoms with van der Waals surface area (Å²) in [7, 11) is 3.76. The van der Waals surface area contributed by atoms with Crippen LogP contribution < -0.4 is 15.0 Å². The highest BCUT2D eigenvalue weighted by Crippen LogP contribution is 2.34. The fourth-order valence-corrected chi connectivity index (χ4v) is 4.07. The molecule has 0 bridgehead atoms. The van der Waals surface area contributed by atoms with Crippen LogP contribution in [0, 0.1) is 25.5 Å². The van der Waals surface area contributed by atoms with Crippen molar-refractivity contribution in [2.45, 2.75) is 13.8 Å². The predicted octanol–water partition coefficient (Wildman–Crippen LogP) is 3.87. The second kappa shape index (κ2) is 8.56. The third-order valence-electron chi connectivity index (χ3n) is 6.09. The van der Waals surface area contributed by atoms with Gasteiger partial charge in [0.05, 0.1) is 5.52 Å². The number of nitrogens with zero attached hydrogens (tertiary/aromatic N) is 6. The third kappa shape index (κ3) is 4.14. The van der Waals surface area contributed by atoms with Gasteiger partial charge in [0.1, 0.15) is 11.6 Å². The van der Waals surface area contributed by atoms with E-state index in [2.05, 4.69) is 42.3 Å². The summed E-state index contributed by atoms with van der Waals surface area (Å²) in [6.45, 7) is 6.98. The number of likely N-dealkylation sites (N-methyl/N-ethyl adjacent to an activating group) is 1. The molecule has 3 aromatic heterocycles. The van der Waals surface area contributed by atoms with Crippen molar-refractivity contribution in [3.63, 3.8) is 0 Å². The van der Waals surface area contributed by atoms with Crippen LogP contribution in [-0.2, 0) is 7.05 Å². The van der Waals surface area contributed by atoms with Gasteiger partial charge in [0.2, 0.25) is 0 Å². The molecule has 0 atom stereocenters. The minimum absolute atomic E-state index is 0.0866. The number of hydrogen-bond acceptors (Lipinski definition) is 7. The van der Waals surface area contributed by atoms with E-state index in [0.29, 0.717) is 17.5 Å². The molecule has 4 heterocycles. The van der Waals surface area contributed by atoms with E-state index in [1.54, 1.807) is 30.7 Å². The summed E-state index contributed by atoms with van der Waals surface area (Å²) in [5, 5.41) is 10.3. The van der Waals surface area contributed by atoms with Crippen LogP contribution in [0.25, 0.3) is 10.9 Å². The van der Waals surface area contributed by atoms with Crippen molar-refractivity contribution >= 4 is 28.4 Å². The quantitative estimate of drug-likeness (QED) is 0.460. The van der Waals surface area contributed by atoms with E-state index >= 15 is 4.39 Å². The van der Waals surface area contributed by atoms with Gasteiger partial charge in [-0.25, -0.2) is 8.78 Å². The third-order valence-corrected chi connectivity index (χ3v) is 6.09. The van der Waals surface area contributed by atoms with Gasteiger partial charge in [0.25, 0.3) is 0 Å². The van der Waals surface area contributed by atoms with E-state index in [0.717, 1.165) is 43.6 Å². The minimum Gasteiger partial charge on any atom is -0.421 e. The monoisotopic (exact) mass is 468 g/mol. The van der Waals surface area contributed by atoms with Crippen molar-refractivity contribution in [3.8, 4) is 11.8 Å². The molecule has 9 nitrogen and oxygen atoms in total. The molecule has 0 saturated carbocycles. The van der Waals surface area contributed by atoms with Gasteiger partial charge in [0, 0.05) is 68.2 Å². The maximum absolute atomic E-state index is 15.3. The second-order valence-corrected chi connectivity index (χ2v) is 8.63. The molecule has 1 saturated heterocycles. The number of benzene rings is 1. The zero-order valence-corrected chi connectivity index (χ0v) is 19.5.